The van der Waals surface area contributed by atoms with Crippen molar-refractivity contribution in [3.63, 3.8) is 0 Å². The number of piperidine rings is 1. The molecule has 3 aliphatic rings. The fraction of sp³-hybridized carbons (Fsp3) is 0.708. The third-order valence-corrected chi connectivity index (χ3v) is 8.49. The molecular formula is C24H33ClIN5O4. The number of halogens is 2. The second kappa shape index (κ2) is 9.83. The standard InChI is InChI=1S/C24H33ClIN5O4/c1-4-5-9-33-23(32)30-8-6-7-13(11-30)14-10-16(19-18(14)34-24(2,3)35-19)31-12-15(26)17-20(27)28-22(25)29-21(17)31/h12-14,16,18-19H,4-11H2,1-3H3,(H2,27,28,29)/t13-,14-,16-,18-,19+/m1/s1. The van der Waals surface area contributed by atoms with Crippen LogP contribution in [0.25, 0.3) is 11.0 Å². The molecule has 9 nitrogen and oxygen atoms in total. The molecule has 5 atom stereocenters. The van der Waals surface area contributed by atoms with Crippen molar-refractivity contribution in [3.05, 3.63) is 15.1 Å². The molecule has 1 aliphatic carbocycles. The summed E-state index contributed by atoms with van der Waals surface area (Å²) < 4.78 is 21.6. The van der Waals surface area contributed by atoms with Gasteiger partial charge in [-0.3, -0.25) is 0 Å². The number of rotatable bonds is 5. The number of aromatic nitrogens is 3. The smallest absolute Gasteiger partial charge is 0.409 e. The highest BCUT2D eigenvalue weighted by Gasteiger charge is 2.56. The van der Waals surface area contributed by atoms with Gasteiger partial charge in [0, 0.05) is 22.9 Å². The molecule has 0 aromatic carbocycles. The minimum absolute atomic E-state index is 0.00930. The number of anilines is 1. The summed E-state index contributed by atoms with van der Waals surface area (Å²) in [5, 5.41) is 0.942. The Bertz CT molecular complexity index is 1110. The Morgan fingerprint density at radius 3 is 2.89 bits per heavy atom. The van der Waals surface area contributed by atoms with Gasteiger partial charge in [0.1, 0.15) is 17.6 Å². The largest absolute Gasteiger partial charge is 0.449 e. The number of hydrogen-bond donors (Lipinski definition) is 1. The van der Waals surface area contributed by atoms with Gasteiger partial charge in [0.2, 0.25) is 5.28 Å². The number of nitrogens with zero attached hydrogens (tertiary/aromatic N) is 4. The molecule has 3 fully saturated rings. The van der Waals surface area contributed by atoms with E-state index in [4.69, 9.17) is 31.5 Å². The van der Waals surface area contributed by atoms with Gasteiger partial charge in [-0.2, -0.15) is 4.98 Å². The van der Waals surface area contributed by atoms with Crippen LogP contribution < -0.4 is 5.73 Å². The molecule has 4 heterocycles. The molecule has 192 valence electrons. The summed E-state index contributed by atoms with van der Waals surface area (Å²) in [6, 6.07) is 0.00930. The van der Waals surface area contributed by atoms with Gasteiger partial charge in [-0.25, -0.2) is 9.78 Å². The number of hydrogen-bond acceptors (Lipinski definition) is 7. The lowest BCUT2D eigenvalue weighted by Gasteiger charge is -2.37. The van der Waals surface area contributed by atoms with Gasteiger partial charge in [0.25, 0.3) is 0 Å². The number of nitrogens with two attached hydrogens (primary N) is 1. The Labute approximate surface area is 224 Å². The van der Waals surface area contributed by atoms with Crippen molar-refractivity contribution in [2.45, 2.75) is 76.9 Å². The lowest BCUT2D eigenvalue weighted by Crippen LogP contribution is -2.44. The van der Waals surface area contributed by atoms with E-state index < -0.39 is 5.79 Å². The van der Waals surface area contributed by atoms with Crippen LogP contribution in [0.15, 0.2) is 6.20 Å². The fourth-order valence-corrected chi connectivity index (χ4v) is 6.99. The van der Waals surface area contributed by atoms with Gasteiger partial charge >= 0.3 is 6.09 Å². The zero-order chi connectivity index (χ0) is 24.9. The van der Waals surface area contributed by atoms with Crippen LogP contribution in [-0.4, -0.2) is 63.2 Å². The lowest BCUT2D eigenvalue weighted by molar-refractivity contribution is -0.163. The molecule has 0 unspecified atom stereocenters. The number of likely N-dealkylation sites (tertiary alicyclic amines) is 1. The van der Waals surface area contributed by atoms with Crippen LogP contribution in [0.3, 0.4) is 0 Å². The van der Waals surface area contributed by atoms with E-state index in [0.717, 1.165) is 53.3 Å². The minimum atomic E-state index is -0.679. The highest BCUT2D eigenvalue weighted by atomic mass is 127. The number of unbranched alkanes of at least 4 members (excludes halogenated alkanes) is 1. The van der Waals surface area contributed by atoms with Crippen LogP contribution in [-0.2, 0) is 14.2 Å². The molecule has 35 heavy (non-hydrogen) atoms. The maximum absolute atomic E-state index is 12.7. The van der Waals surface area contributed by atoms with Crippen LogP contribution in [0.2, 0.25) is 5.28 Å². The molecule has 1 amide bonds. The second-order valence-electron chi connectivity index (χ2n) is 10.3. The Kier molecular flexibility index (Phi) is 7.10. The van der Waals surface area contributed by atoms with Gasteiger partial charge in [-0.05, 0) is 85.6 Å². The number of carbonyl (C=O) groups is 1. The SMILES string of the molecule is CCCCOC(=O)N1CCC[C@@H]([C@H]2C[C@@H](n3cc(I)c4c(N)nc(Cl)nc43)[C@@H]3OC(C)(C)O[C@H]23)C1. The van der Waals surface area contributed by atoms with E-state index in [2.05, 4.69) is 50.2 Å². The summed E-state index contributed by atoms with van der Waals surface area (Å²) >= 11 is 8.45. The van der Waals surface area contributed by atoms with E-state index in [1.54, 1.807) is 0 Å². The Morgan fingerprint density at radius 2 is 2.11 bits per heavy atom. The Balaban J connectivity index is 1.42. The average molecular weight is 618 g/mol. The third-order valence-electron chi connectivity index (χ3n) is 7.51. The van der Waals surface area contributed by atoms with Crippen LogP contribution >= 0.6 is 34.2 Å². The Morgan fingerprint density at radius 1 is 1.34 bits per heavy atom. The van der Waals surface area contributed by atoms with E-state index >= 15 is 0 Å². The van der Waals surface area contributed by atoms with Gasteiger partial charge < -0.3 is 29.4 Å². The monoisotopic (exact) mass is 617 g/mol. The van der Waals surface area contributed by atoms with E-state index in [9.17, 15) is 4.79 Å². The summed E-state index contributed by atoms with van der Waals surface area (Å²) in [5.41, 5.74) is 6.91. The molecular weight excluding hydrogens is 585 g/mol. The van der Waals surface area contributed by atoms with Crippen molar-refractivity contribution < 1.29 is 19.0 Å². The molecule has 0 spiro atoms. The molecule has 2 aliphatic heterocycles. The second-order valence-corrected chi connectivity index (χ2v) is 11.8. The van der Waals surface area contributed by atoms with Gasteiger partial charge in [0.15, 0.2) is 5.79 Å². The predicted octanol–water partition coefficient (Wildman–Crippen LogP) is 5.00. The predicted molar refractivity (Wildman–Crippen MR) is 141 cm³/mol. The van der Waals surface area contributed by atoms with Gasteiger partial charge in [-0.15, -0.1) is 0 Å². The quantitative estimate of drug-likeness (QED) is 0.286. The first-order valence-corrected chi connectivity index (χ1v) is 13.9. The van der Waals surface area contributed by atoms with E-state index in [0.29, 0.717) is 24.9 Å². The molecule has 2 aromatic rings. The summed E-state index contributed by atoms with van der Waals surface area (Å²) in [4.78, 5) is 23.2. The van der Waals surface area contributed by atoms with Crippen molar-refractivity contribution in [3.8, 4) is 0 Å². The zero-order valence-corrected chi connectivity index (χ0v) is 23.3. The molecule has 0 bridgehead atoms. The van der Waals surface area contributed by atoms with Crippen molar-refractivity contribution >= 4 is 57.1 Å². The topological polar surface area (TPSA) is 105 Å². The van der Waals surface area contributed by atoms with Crippen LogP contribution in [0.5, 0.6) is 0 Å². The van der Waals surface area contributed by atoms with Crippen LogP contribution in [0, 0.1) is 15.4 Å². The highest BCUT2D eigenvalue weighted by Crippen LogP contribution is 2.51. The summed E-state index contributed by atoms with van der Waals surface area (Å²) in [5.74, 6) is 0.244. The van der Waals surface area contributed by atoms with Crippen molar-refractivity contribution in [2.24, 2.45) is 11.8 Å². The van der Waals surface area contributed by atoms with E-state index in [1.807, 2.05) is 18.7 Å². The van der Waals surface area contributed by atoms with Crippen molar-refractivity contribution in [1.29, 1.82) is 0 Å². The number of carbonyl (C=O) groups excluding carboxylic acids is 1. The average Bonchev–Trinajstić information content (AvgIpc) is 3.41. The van der Waals surface area contributed by atoms with E-state index in [-0.39, 0.29) is 35.5 Å². The molecule has 5 rings (SSSR count). The molecule has 2 saturated heterocycles. The molecule has 2 N–H and O–H groups in total. The number of nitrogen functional groups attached to an aromatic ring is 1. The zero-order valence-electron chi connectivity index (χ0n) is 20.4. The molecule has 2 aromatic heterocycles. The first-order chi connectivity index (χ1) is 16.7. The lowest BCUT2D eigenvalue weighted by atomic mass is 9.83. The van der Waals surface area contributed by atoms with Gasteiger partial charge in [-0.1, -0.05) is 13.3 Å². The van der Waals surface area contributed by atoms with Crippen molar-refractivity contribution in [2.75, 3.05) is 25.4 Å². The summed E-state index contributed by atoms with van der Waals surface area (Å²) in [6.45, 7) is 7.92. The minimum Gasteiger partial charge on any atom is -0.449 e. The summed E-state index contributed by atoms with van der Waals surface area (Å²) in [7, 11) is 0. The van der Waals surface area contributed by atoms with Crippen molar-refractivity contribution in [1.82, 2.24) is 19.4 Å². The Hall–Kier alpha value is -1.37. The van der Waals surface area contributed by atoms with Crippen LogP contribution in [0.4, 0.5) is 10.6 Å². The highest BCUT2D eigenvalue weighted by molar-refractivity contribution is 14.1. The summed E-state index contributed by atoms with van der Waals surface area (Å²) in [6.07, 6.45) is 6.41. The maximum atomic E-state index is 12.7. The molecule has 1 saturated carbocycles. The van der Waals surface area contributed by atoms with Gasteiger partial charge in [0.05, 0.1) is 24.1 Å². The van der Waals surface area contributed by atoms with Crippen LogP contribution in [0.1, 0.15) is 58.9 Å². The van der Waals surface area contributed by atoms with E-state index in [1.165, 1.54) is 0 Å². The first kappa shape index (κ1) is 25.3. The third kappa shape index (κ3) is 4.83. The number of fused-ring (bicyclic) bond motifs is 2. The first-order valence-electron chi connectivity index (χ1n) is 12.4. The fourth-order valence-electron chi connectivity index (χ4n) is 6.00. The number of amides is 1. The normalized spacial score (nSPS) is 30.1. The maximum Gasteiger partial charge on any atom is 0.409 e. The number of ether oxygens (including phenoxy) is 3. The molecule has 11 heteroatoms. The molecule has 0 radical (unpaired) electrons.